The molecule has 232 valence electrons. The maximum Gasteiger partial charge on any atom is 0.416 e. The summed E-state index contributed by atoms with van der Waals surface area (Å²) in [5, 5.41) is 0. The van der Waals surface area contributed by atoms with Gasteiger partial charge in [-0.05, 0) is 85.0 Å². The van der Waals surface area contributed by atoms with Gasteiger partial charge in [0.1, 0.15) is 0 Å². The van der Waals surface area contributed by atoms with Crippen LogP contribution in [0.2, 0.25) is 0 Å². The number of hydrogen-bond acceptors (Lipinski definition) is 0. The minimum atomic E-state index is -5.16. The monoisotopic (exact) mass is 616 g/mol. The van der Waals surface area contributed by atoms with E-state index in [1.54, 1.807) is 0 Å². The average molecular weight is 617 g/mol. The Morgan fingerprint density at radius 2 is 0.690 bits per heavy atom. The molecular weight excluding hydrogens is 588 g/mol. The van der Waals surface area contributed by atoms with Gasteiger partial charge >= 0.3 is 24.7 Å². The highest BCUT2D eigenvalue weighted by Gasteiger charge is 2.71. The van der Waals surface area contributed by atoms with E-state index in [1.165, 1.54) is 0 Å². The Morgan fingerprint density at radius 1 is 0.405 bits per heavy atom. The highest BCUT2D eigenvalue weighted by Crippen LogP contribution is 2.74. The summed E-state index contributed by atoms with van der Waals surface area (Å²) in [6.45, 7) is 0. The number of benzene rings is 2. The molecule has 3 fully saturated rings. The Bertz CT molecular complexity index is 1150. The summed E-state index contributed by atoms with van der Waals surface area (Å²) < 4.78 is 168. The molecular formula is C30H28F12. The molecule has 0 spiro atoms. The van der Waals surface area contributed by atoms with Crippen molar-refractivity contribution in [2.75, 3.05) is 0 Å². The van der Waals surface area contributed by atoms with E-state index in [2.05, 4.69) is 0 Å². The maximum atomic E-state index is 14.0. The molecule has 0 saturated heterocycles. The fourth-order valence-corrected chi connectivity index (χ4v) is 8.51. The third-order valence-electron chi connectivity index (χ3n) is 9.93. The van der Waals surface area contributed by atoms with Crippen LogP contribution in [0.25, 0.3) is 0 Å². The van der Waals surface area contributed by atoms with Crippen molar-refractivity contribution in [2.45, 2.75) is 99.7 Å². The zero-order valence-corrected chi connectivity index (χ0v) is 22.2. The summed E-state index contributed by atoms with van der Waals surface area (Å²) in [6.07, 6.45) is -16.5. The van der Waals surface area contributed by atoms with Crippen molar-refractivity contribution in [3.63, 3.8) is 0 Å². The molecule has 2 aromatic rings. The molecule has 3 aliphatic rings. The van der Waals surface area contributed by atoms with E-state index < -0.39 is 69.6 Å². The predicted molar refractivity (Wildman–Crippen MR) is 129 cm³/mol. The molecule has 0 unspecified atom stereocenters. The lowest BCUT2D eigenvalue weighted by atomic mass is 9.32. The van der Waals surface area contributed by atoms with Gasteiger partial charge in [0.05, 0.1) is 22.3 Å². The molecule has 3 saturated carbocycles. The van der Waals surface area contributed by atoms with Crippen molar-refractivity contribution in [1.82, 2.24) is 0 Å². The van der Waals surface area contributed by atoms with Gasteiger partial charge in [0.25, 0.3) is 0 Å². The van der Waals surface area contributed by atoms with E-state index in [0.29, 0.717) is 75.6 Å². The lowest BCUT2D eigenvalue weighted by Gasteiger charge is -2.71. The highest BCUT2D eigenvalue weighted by atomic mass is 19.4. The number of halogens is 12. The topological polar surface area (TPSA) is 0 Å². The van der Waals surface area contributed by atoms with Crippen molar-refractivity contribution in [2.24, 2.45) is 11.8 Å². The van der Waals surface area contributed by atoms with Gasteiger partial charge in [-0.1, -0.05) is 38.5 Å². The predicted octanol–water partition coefficient (Wildman–Crippen LogP) is 11.1. The van der Waals surface area contributed by atoms with Crippen molar-refractivity contribution < 1.29 is 52.7 Å². The first kappa shape index (κ1) is 31.0. The Hall–Kier alpha value is -2.40. The van der Waals surface area contributed by atoms with Gasteiger partial charge in [0.2, 0.25) is 0 Å². The molecule has 0 N–H and O–H groups in total. The lowest BCUT2D eigenvalue weighted by molar-refractivity contribution is -0.147. The fourth-order valence-electron chi connectivity index (χ4n) is 8.51. The van der Waals surface area contributed by atoms with Crippen LogP contribution >= 0.6 is 0 Å². The van der Waals surface area contributed by atoms with E-state index in [4.69, 9.17) is 0 Å². The molecule has 0 amide bonds. The molecule has 42 heavy (non-hydrogen) atoms. The second-order valence-corrected chi connectivity index (χ2v) is 11.9. The molecule has 0 heterocycles. The number of rotatable bonds is 2. The van der Waals surface area contributed by atoms with E-state index >= 15 is 0 Å². The number of hydrogen-bond donors (Lipinski definition) is 0. The van der Waals surface area contributed by atoms with E-state index in [0.717, 1.165) is 0 Å². The molecule has 0 aliphatic heterocycles. The van der Waals surface area contributed by atoms with Crippen molar-refractivity contribution in [3.8, 4) is 0 Å². The van der Waals surface area contributed by atoms with Gasteiger partial charge in [0.15, 0.2) is 0 Å². The zero-order chi connectivity index (χ0) is 30.9. The SMILES string of the molecule is FC(F)(F)c1cc(C(F)(F)F)cc([C@@]23CCCCC[C@H]2[C@@H]2CCCCC[C@]23c2cc(C(F)(F)F)cc(C(F)(F)F)c2)c1. The Balaban J connectivity index is 1.88. The maximum absolute atomic E-state index is 14.0. The van der Waals surface area contributed by atoms with Crippen LogP contribution in [0.4, 0.5) is 52.7 Å². The van der Waals surface area contributed by atoms with Gasteiger partial charge in [0, 0.05) is 10.8 Å². The fraction of sp³-hybridized carbons (Fsp3) is 0.600. The molecule has 2 aromatic carbocycles. The summed E-state index contributed by atoms with van der Waals surface area (Å²) in [5.74, 6) is -0.988. The first-order valence-electron chi connectivity index (χ1n) is 13.9. The van der Waals surface area contributed by atoms with E-state index in [-0.39, 0.29) is 36.1 Å². The summed E-state index contributed by atoms with van der Waals surface area (Å²) in [4.78, 5) is 0. The largest absolute Gasteiger partial charge is 0.416 e. The van der Waals surface area contributed by atoms with Crippen molar-refractivity contribution in [1.29, 1.82) is 0 Å². The summed E-state index contributed by atoms with van der Waals surface area (Å²) in [7, 11) is 0. The van der Waals surface area contributed by atoms with E-state index in [9.17, 15) is 52.7 Å². The number of fused-ring (bicyclic) bond motifs is 4. The van der Waals surface area contributed by atoms with Gasteiger partial charge in [-0.2, -0.15) is 52.7 Å². The highest BCUT2D eigenvalue weighted by molar-refractivity contribution is 5.52. The van der Waals surface area contributed by atoms with Gasteiger partial charge in [-0.3, -0.25) is 0 Å². The minimum Gasteiger partial charge on any atom is -0.166 e. The van der Waals surface area contributed by atoms with Crippen LogP contribution in [-0.4, -0.2) is 0 Å². The molecule has 4 atom stereocenters. The van der Waals surface area contributed by atoms with Crippen molar-refractivity contribution >= 4 is 0 Å². The summed E-state index contributed by atoms with van der Waals surface area (Å²) in [6, 6.07) is 2.61. The molecule has 12 heteroatoms. The second-order valence-electron chi connectivity index (χ2n) is 11.9. The Labute approximate surface area is 234 Å². The van der Waals surface area contributed by atoms with Crippen LogP contribution in [0.1, 0.15) is 97.6 Å². The third-order valence-corrected chi connectivity index (χ3v) is 9.93. The van der Waals surface area contributed by atoms with E-state index in [1.807, 2.05) is 0 Å². The third kappa shape index (κ3) is 4.98. The van der Waals surface area contributed by atoms with Gasteiger partial charge in [-0.15, -0.1) is 0 Å². The van der Waals surface area contributed by atoms with Gasteiger partial charge in [-0.25, -0.2) is 0 Å². The molecule has 5 rings (SSSR count). The summed E-state index contributed by atoms with van der Waals surface area (Å²) in [5.41, 5.74) is -9.80. The average Bonchev–Trinajstić information content (AvgIpc) is 3.19. The van der Waals surface area contributed by atoms with Crippen molar-refractivity contribution in [3.05, 3.63) is 69.8 Å². The standard InChI is InChI=1S/C30H28F12/c31-27(32,33)19-11-17(12-20(15-19)28(34,35)36)25-9-5-1-3-7-23(25)24-8-4-2-6-10-26(24,25)18-13-21(29(37,38)39)16-22(14-18)30(40,41)42/h11-16,23-24H,1-10H2/t23-,24-,25-,26-/m0/s1. The van der Waals surface area contributed by atoms with Crippen LogP contribution in [-0.2, 0) is 35.5 Å². The normalized spacial score (nSPS) is 29.1. The zero-order valence-electron chi connectivity index (χ0n) is 22.2. The molecule has 0 radical (unpaired) electrons. The first-order chi connectivity index (χ1) is 19.3. The van der Waals surface area contributed by atoms with Gasteiger partial charge < -0.3 is 0 Å². The summed E-state index contributed by atoms with van der Waals surface area (Å²) >= 11 is 0. The molecule has 0 bridgehead atoms. The second kappa shape index (κ2) is 10.1. The molecule has 0 aromatic heterocycles. The lowest BCUT2D eigenvalue weighted by Crippen LogP contribution is -2.70. The Kier molecular flexibility index (Phi) is 7.44. The van der Waals surface area contributed by atoms with Crippen LogP contribution in [0.5, 0.6) is 0 Å². The van der Waals surface area contributed by atoms with Crippen LogP contribution in [0.3, 0.4) is 0 Å². The Morgan fingerprint density at radius 3 is 0.952 bits per heavy atom. The molecule has 0 nitrogen and oxygen atoms in total. The van der Waals surface area contributed by atoms with Crippen LogP contribution in [0.15, 0.2) is 36.4 Å². The smallest absolute Gasteiger partial charge is 0.166 e. The van der Waals surface area contributed by atoms with Crippen LogP contribution in [0, 0.1) is 11.8 Å². The van der Waals surface area contributed by atoms with Crippen LogP contribution < -0.4 is 0 Å². The molecule has 3 aliphatic carbocycles. The minimum absolute atomic E-state index is 0.00773. The quantitative estimate of drug-likeness (QED) is 0.295. The number of alkyl halides is 12. The first-order valence-corrected chi connectivity index (χ1v) is 13.9.